The van der Waals surface area contributed by atoms with Crippen LogP contribution in [0, 0.1) is 15.9 Å². The largest absolute Gasteiger partial charge is 0.494 e. The monoisotopic (exact) mass is 380 g/mol. The number of ether oxygens (including phenoxy) is 1. The molecule has 0 saturated carbocycles. The SMILES string of the molecule is COc1cc(F)c([N+](=O)[O-])cc1N1C=CC(c2cn(C)c3ccccc23)=NC1. The standard InChI is InChI=1S/C20H17FN4O3/c1-23-11-14(13-5-3-4-6-17(13)23)16-7-8-24(12-22-16)19-10-18(25(26)27)15(21)9-20(19)28-2/h3-11H,12H2,1-2H3. The fraction of sp³-hybridized carbons (Fsp3) is 0.150. The van der Waals surface area contributed by atoms with Crippen LogP contribution in [-0.2, 0) is 7.05 Å². The number of anilines is 1. The van der Waals surface area contributed by atoms with Gasteiger partial charge in [0.25, 0.3) is 0 Å². The van der Waals surface area contributed by atoms with Crippen LogP contribution in [0.5, 0.6) is 5.75 Å². The molecule has 0 unspecified atom stereocenters. The second kappa shape index (κ2) is 6.80. The summed E-state index contributed by atoms with van der Waals surface area (Å²) in [5.74, 6) is -0.733. The number of rotatable bonds is 4. The predicted octanol–water partition coefficient (Wildman–Crippen LogP) is 4.01. The van der Waals surface area contributed by atoms with Gasteiger partial charge in [0, 0.05) is 48.0 Å². The summed E-state index contributed by atoms with van der Waals surface area (Å²) in [5, 5.41) is 12.2. The minimum atomic E-state index is -0.938. The smallest absolute Gasteiger partial charge is 0.307 e. The van der Waals surface area contributed by atoms with Crippen LogP contribution in [0.4, 0.5) is 15.8 Å². The number of nitro benzene ring substituents is 1. The van der Waals surface area contributed by atoms with Crippen molar-refractivity contribution in [3.63, 3.8) is 0 Å². The van der Waals surface area contributed by atoms with Crippen molar-refractivity contribution in [3.05, 3.63) is 76.4 Å². The molecule has 0 spiro atoms. The van der Waals surface area contributed by atoms with Gasteiger partial charge < -0.3 is 14.2 Å². The molecule has 2 heterocycles. The zero-order valence-corrected chi connectivity index (χ0v) is 15.3. The second-order valence-electron chi connectivity index (χ2n) is 6.37. The molecule has 0 amide bonds. The van der Waals surface area contributed by atoms with Crippen molar-refractivity contribution in [1.29, 1.82) is 0 Å². The summed E-state index contributed by atoms with van der Waals surface area (Å²) in [6.07, 6.45) is 5.62. The maximum absolute atomic E-state index is 13.9. The molecule has 7 nitrogen and oxygen atoms in total. The molecular formula is C20H17FN4O3. The zero-order chi connectivity index (χ0) is 19.8. The van der Waals surface area contributed by atoms with Gasteiger partial charge in [0.2, 0.25) is 5.82 Å². The molecule has 8 heteroatoms. The van der Waals surface area contributed by atoms with Gasteiger partial charge in [-0.1, -0.05) is 18.2 Å². The molecule has 0 N–H and O–H groups in total. The summed E-state index contributed by atoms with van der Waals surface area (Å²) in [5.41, 5.74) is 2.70. The first-order chi connectivity index (χ1) is 13.5. The Balaban J connectivity index is 1.69. The Kier molecular flexibility index (Phi) is 4.31. The molecule has 1 aliphatic rings. The summed E-state index contributed by atoms with van der Waals surface area (Å²) in [7, 11) is 3.37. The summed E-state index contributed by atoms with van der Waals surface area (Å²) in [4.78, 5) is 16.6. The van der Waals surface area contributed by atoms with Crippen LogP contribution < -0.4 is 9.64 Å². The number of aryl methyl sites for hydroxylation is 1. The lowest BCUT2D eigenvalue weighted by Gasteiger charge is -2.23. The number of para-hydroxylation sites is 1. The van der Waals surface area contributed by atoms with E-state index in [0.29, 0.717) is 5.69 Å². The highest BCUT2D eigenvalue weighted by atomic mass is 19.1. The fourth-order valence-corrected chi connectivity index (χ4v) is 3.35. The van der Waals surface area contributed by atoms with Gasteiger partial charge >= 0.3 is 5.69 Å². The number of hydrogen-bond donors (Lipinski definition) is 0. The van der Waals surface area contributed by atoms with Crippen molar-refractivity contribution >= 4 is 28.0 Å². The maximum Gasteiger partial charge on any atom is 0.307 e. The lowest BCUT2D eigenvalue weighted by molar-refractivity contribution is -0.387. The highest BCUT2D eigenvalue weighted by Crippen LogP contribution is 2.35. The average molecular weight is 380 g/mol. The number of benzene rings is 2. The van der Waals surface area contributed by atoms with Gasteiger partial charge in [-0.15, -0.1) is 0 Å². The highest BCUT2D eigenvalue weighted by molar-refractivity contribution is 6.17. The van der Waals surface area contributed by atoms with Crippen LogP contribution in [0.1, 0.15) is 5.56 Å². The first-order valence-electron chi connectivity index (χ1n) is 8.55. The molecule has 1 aromatic heterocycles. The van der Waals surface area contributed by atoms with Crippen molar-refractivity contribution in [1.82, 2.24) is 4.57 Å². The lowest BCUT2D eigenvalue weighted by Crippen LogP contribution is -2.22. The van der Waals surface area contributed by atoms with Crippen molar-refractivity contribution in [2.24, 2.45) is 12.0 Å². The molecular weight excluding hydrogens is 363 g/mol. The predicted molar refractivity (Wildman–Crippen MR) is 106 cm³/mol. The number of halogens is 1. The van der Waals surface area contributed by atoms with E-state index in [9.17, 15) is 14.5 Å². The first kappa shape index (κ1) is 17.7. The van der Waals surface area contributed by atoms with E-state index >= 15 is 0 Å². The van der Waals surface area contributed by atoms with Crippen LogP contribution in [0.2, 0.25) is 0 Å². The molecule has 0 radical (unpaired) electrons. The van der Waals surface area contributed by atoms with Crippen molar-refractivity contribution in [2.75, 3.05) is 18.7 Å². The van der Waals surface area contributed by atoms with E-state index in [2.05, 4.69) is 4.99 Å². The first-order valence-corrected chi connectivity index (χ1v) is 8.55. The van der Waals surface area contributed by atoms with E-state index < -0.39 is 16.4 Å². The molecule has 142 valence electrons. The van der Waals surface area contributed by atoms with Gasteiger partial charge in [-0.25, -0.2) is 0 Å². The highest BCUT2D eigenvalue weighted by Gasteiger charge is 2.23. The van der Waals surface area contributed by atoms with Crippen LogP contribution in [0.15, 0.2) is 59.9 Å². The van der Waals surface area contributed by atoms with E-state index in [1.165, 1.54) is 7.11 Å². The third kappa shape index (κ3) is 2.88. The minimum absolute atomic E-state index is 0.205. The van der Waals surface area contributed by atoms with E-state index in [1.807, 2.05) is 48.2 Å². The molecule has 0 aliphatic carbocycles. The van der Waals surface area contributed by atoms with E-state index in [4.69, 9.17) is 4.74 Å². The molecule has 0 atom stereocenters. The third-order valence-electron chi connectivity index (χ3n) is 4.73. The lowest BCUT2D eigenvalue weighted by atomic mass is 10.1. The second-order valence-corrected chi connectivity index (χ2v) is 6.37. The molecule has 0 bridgehead atoms. The van der Waals surface area contributed by atoms with Crippen LogP contribution >= 0.6 is 0 Å². The van der Waals surface area contributed by atoms with Gasteiger partial charge in [-0.05, 0) is 12.1 Å². The average Bonchev–Trinajstić information content (AvgIpc) is 3.04. The molecule has 4 rings (SSSR count). The van der Waals surface area contributed by atoms with Crippen molar-refractivity contribution in [2.45, 2.75) is 0 Å². The number of allylic oxidation sites excluding steroid dienone is 1. The summed E-state index contributed by atoms with van der Waals surface area (Å²) < 4.78 is 21.1. The number of aromatic nitrogens is 1. The summed E-state index contributed by atoms with van der Waals surface area (Å²) in [6, 6.07) is 10.2. The molecule has 0 saturated heterocycles. The van der Waals surface area contributed by atoms with Gasteiger partial charge in [-0.3, -0.25) is 15.1 Å². The van der Waals surface area contributed by atoms with Crippen molar-refractivity contribution < 1.29 is 14.1 Å². The maximum atomic E-state index is 13.9. The zero-order valence-electron chi connectivity index (χ0n) is 15.3. The normalized spacial score (nSPS) is 13.7. The Hall–Kier alpha value is -3.68. The Labute approximate surface area is 160 Å². The number of methoxy groups -OCH3 is 1. The third-order valence-corrected chi connectivity index (χ3v) is 4.73. The number of fused-ring (bicyclic) bond motifs is 1. The number of aliphatic imine (C=N–C) groups is 1. The molecule has 2 aromatic carbocycles. The van der Waals surface area contributed by atoms with E-state index in [1.54, 1.807) is 11.1 Å². The quantitative estimate of drug-likeness (QED) is 0.506. The summed E-state index contributed by atoms with van der Waals surface area (Å²) >= 11 is 0. The Morgan fingerprint density at radius 2 is 2.07 bits per heavy atom. The molecule has 0 fully saturated rings. The van der Waals surface area contributed by atoms with Crippen LogP contribution in [0.25, 0.3) is 10.9 Å². The van der Waals surface area contributed by atoms with E-state index in [-0.39, 0.29) is 12.4 Å². The number of hydrogen-bond acceptors (Lipinski definition) is 5. The minimum Gasteiger partial charge on any atom is -0.494 e. The Morgan fingerprint density at radius 3 is 2.75 bits per heavy atom. The Morgan fingerprint density at radius 1 is 1.29 bits per heavy atom. The van der Waals surface area contributed by atoms with Gasteiger partial charge in [0.15, 0.2) is 0 Å². The number of nitrogens with zero attached hydrogens (tertiary/aromatic N) is 4. The number of nitro groups is 1. The van der Waals surface area contributed by atoms with E-state index in [0.717, 1.165) is 34.3 Å². The van der Waals surface area contributed by atoms with Crippen LogP contribution in [-0.4, -0.2) is 29.0 Å². The Bertz CT molecular complexity index is 1150. The molecule has 28 heavy (non-hydrogen) atoms. The van der Waals surface area contributed by atoms with Gasteiger partial charge in [-0.2, -0.15) is 4.39 Å². The van der Waals surface area contributed by atoms with Gasteiger partial charge in [0.1, 0.15) is 12.4 Å². The van der Waals surface area contributed by atoms with Crippen molar-refractivity contribution in [3.8, 4) is 5.75 Å². The summed E-state index contributed by atoms with van der Waals surface area (Å²) in [6.45, 7) is 0.230. The van der Waals surface area contributed by atoms with Gasteiger partial charge in [0.05, 0.1) is 23.4 Å². The molecule has 1 aliphatic heterocycles. The molecule has 3 aromatic rings. The topological polar surface area (TPSA) is 72.9 Å². The van der Waals surface area contributed by atoms with Crippen LogP contribution in [0.3, 0.4) is 0 Å². The fourth-order valence-electron chi connectivity index (χ4n) is 3.35.